The predicted molar refractivity (Wildman–Crippen MR) is 87.9 cm³/mol. The minimum absolute atomic E-state index is 0.480. The Balaban J connectivity index is 2.14. The van der Waals surface area contributed by atoms with Gasteiger partial charge >= 0.3 is 0 Å². The van der Waals surface area contributed by atoms with E-state index in [1.54, 1.807) is 13.8 Å². The smallest absolute Gasteiger partial charge is 0.143 e. The van der Waals surface area contributed by atoms with Gasteiger partial charge in [0.1, 0.15) is 18.1 Å². The second-order valence-corrected chi connectivity index (χ2v) is 5.76. The minimum Gasteiger partial charge on any atom is -0.150 e. The van der Waals surface area contributed by atoms with Gasteiger partial charge in [-0.2, -0.15) is 9.81 Å². The molecule has 3 rings (SSSR count). The van der Waals surface area contributed by atoms with Gasteiger partial charge in [-0.15, -0.1) is 4.91 Å². The number of hydrogen-bond donors (Lipinski definition) is 0. The Morgan fingerprint density at radius 3 is 1.57 bits per heavy atom. The molecule has 2 aromatic carbocycles. The SMILES string of the molecule is CC(N=O)c1ccc2c(c1)C(N=O)c1cc(C(C)N=O)ccc1-2. The van der Waals surface area contributed by atoms with E-state index < -0.39 is 18.1 Å². The first-order valence-electron chi connectivity index (χ1n) is 7.36. The number of fused-ring (bicyclic) bond motifs is 3. The first-order chi connectivity index (χ1) is 11.1. The number of nitrogens with zero attached hydrogens (tertiary/aromatic N) is 3. The molecule has 0 amide bonds. The van der Waals surface area contributed by atoms with Gasteiger partial charge in [-0.1, -0.05) is 51.9 Å². The van der Waals surface area contributed by atoms with E-state index >= 15 is 0 Å². The summed E-state index contributed by atoms with van der Waals surface area (Å²) in [4.78, 5) is 32.9. The van der Waals surface area contributed by atoms with Gasteiger partial charge in [-0.25, -0.2) is 0 Å². The van der Waals surface area contributed by atoms with Crippen molar-refractivity contribution in [3.05, 3.63) is 73.4 Å². The van der Waals surface area contributed by atoms with Crippen molar-refractivity contribution in [1.29, 1.82) is 0 Å². The Morgan fingerprint density at radius 1 is 0.783 bits per heavy atom. The molecule has 116 valence electrons. The third-order valence-electron chi connectivity index (χ3n) is 4.42. The molecule has 0 fully saturated rings. The van der Waals surface area contributed by atoms with Crippen molar-refractivity contribution < 1.29 is 0 Å². The summed E-state index contributed by atoms with van der Waals surface area (Å²) in [5, 5.41) is 9.31. The van der Waals surface area contributed by atoms with E-state index in [1.807, 2.05) is 36.4 Å². The highest BCUT2D eigenvalue weighted by atomic mass is 16.3. The summed E-state index contributed by atoms with van der Waals surface area (Å²) >= 11 is 0. The molecule has 0 saturated carbocycles. The molecule has 2 aromatic rings. The van der Waals surface area contributed by atoms with Crippen LogP contribution in [0.15, 0.2) is 51.9 Å². The number of nitroso groups, excluding NO2 is 3. The third kappa shape index (κ3) is 2.36. The van der Waals surface area contributed by atoms with Crippen LogP contribution in [0.1, 0.15) is 54.2 Å². The lowest BCUT2D eigenvalue weighted by Gasteiger charge is -2.09. The lowest BCUT2D eigenvalue weighted by molar-refractivity contribution is 0.797. The van der Waals surface area contributed by atoms with Crippen LogP contribution in [-0.4, -0.2) is 0 Å². The molecule has 0 radical (unpaired) electrons. The highest BCUT2D eigenvalue weighted by Gasteiger charge is 2.31. The van der Waals surface area contributed by atoms with Crippen molar-refractivity contribution in [2.24, 2.45) is 15.5 Å². The summed E-state index contributed by atoms with van der Waals surface area (Å²) in [7, 11) is 0. The second kappa shape index (κ2) is 5.79. The Labute approximate surface area is 132 Å². The van der Waals surface area contributed by atoms with Crippen molar-refractivity contribution in [3.63, 3.8) is 0 Å². The molecule has 0 bridgehead atoms. The lowest BCUT2D eigenvalue weighted by Crippen LogP contribution is -1.96. The zero-order valence-electron chi connectivity index (χ0n) is 12.8. The fourth-order valence-corrected chi connectivity index (χ4v) is 3.03. The van der Waals surface area contributed by atoms with Crippen molar-refractivity contribution in [2.75, 3.05) is 0 Å². The Hall–Kier alpha value is -2.76. The molecule has 0 aliphatic heterocycles. The molecule has 1 aliphatic carbocycles. The topological polar surface area (TPSA) is 88.3 Å². The zero-order chi connectivity index (χ0) is 16.6. The van der Waals surface area contributed by atoms with E-state index in [4.69, 9.17) is 0 Å². The molecule has 0 spiro atoms. The normalized spacial score (nSPS) is 17.7. The van der Waals surface area contributed by atoms with Gasteiger partial charge in [0.2, 0.25) is 0 Å². The van der Waals surface area contributed by atoms with E-state index in [-0.39, 0.29) is 0 Å². The quantitative estimate of drug-likeness (QED) is 0.713. The summed E-state index contributed by atoms with van der Waals surface area (Å²) < 4.78 is 0. The van der Waals surface area contributed by atoms with Gasteiger partial charge in [0.05, 0.1) is 0 Å². The third-order valence-corrected chi connectivity index (χ3v) is 4.42. The molecular formula is C17H15N3O3. The van der Waals surface area contributed by atoms with Gasteiger partial charge in [0.15, 0.2) is 0 Å². The highest BCUT2D eigenvalue weighted by molar-refractivity contribution is 5.79. The maximum Gasteiger partial charge on any atom is 0.143 e. The fraction of sp³-hybridized carbons (Fsp3) is 0.294. The number of hydrogen-bond acceptors (Lipinski definition) is 6. The zero-order valence-corrected chi connectivity index (χ0v) is 12.8. The van der Waals surface area contributed by atoms with Crippen LogP contribution >= 0.6 is 0 Å². The summed E-state index contributed by atoms with van der Waals surface area (Å²) in [6.45, 7) is 3.41. The molecule has 0 saturated heterocycles. The molecule has 2 atom stereocenters. The van der Waals surface area contributed by atoms with Gasteiger partial charge < -0.3 is 0 Å². The number of benzene rings is 2. The van der Waals surface area contributed by atoms with Crippen LogP contribution in [0.5, 0.6) is 0 Å². The maximum absolute atomic E-state index is 11.4. The molecule has 1 aliphatic rings. The standard InChI is InChI=1S/C17H15N3O3/c1-9(18-21)11-3-5-13-14-6-4-12(10(2)19-22)8-16(14)17(20-23)15(13)7-11/h3-10,17H,1-2H3. The van der Waals surface area contributed by atoms with E-state index in [9.17, 15) is 14.7 Å². The Kier molecular flexibility index (Phi) is 3.82. The van der Waals surface area contributed by atoms with Crippen molar-refractivity contribution in [2.45, 2.75) is 32.0 Å². The van der Waals surface area contributed by atoms with Crippen LogP contribution in [0.4, 0.5) is 0 Å². The van der Waals surface area contributed by atoms with E-state index in [2.05, 4.69) is 15.5 Å². The summed E-state index contributed by atoms with van der Waals surface area (Å²) in [5.41, 5.74) is 4.89. The largest absolute Gasteiger partial charge is 0.150 e. The fourth-order valence-electron chi connectivity index (χ4n) is 3.03. The maximum atomic E-state index is 11.4. The van der Waals surface area contributed by atoms with Crippen LogP contribution in [0.2, 0.25) is 0 Å². The molecule has 6 nitrogen and oxygen atoms in total. The average molecular weight is 309 g/mol. The van der Waals surface area contributed by atoms with Gasteiger partial charge in [0, 0.05) is 0 Å². The van der Waals surface area contributed by atoms with Gasteiger partial charge in [0.25, 0.3) is 0 Å². The van der Waals surface area contributed by atoms with Crippen molar-refractivity contribution >= 4 is 0 Å². The van der Waals surface area contributed by atoms with E-state index in [1.165, 1.54) is 0 Å². The van der Waals surface area contributed by atoms with Crippen LogP contribution in [0.3, 0.4) is 0 Å². The summed E-state index contributed by atoms with van der Waals surface area (Å²) in [6.07, 6.45) is 0. The van der Waals surface area contributed by atoms with Crippen molar-refractivity contribution in [1.82, 2.24) is 0 Å². The average Bonchev–Trinajstić information content (AvgIpc) is 2.92. The number of rotatable bonds is 5. The minimum atomic E-state index is -0.641. The monoisotopic (exact) mass is 309 g/mol. The predicted octanol–water partition coefficient (Wildman–Crippen LogP) is 5.18. The van der Waals surface area contributed by atoms with E-state index in [0.29, 0.717) is 0 Å². The Bertz CT molecular complexity index is 740. The molecule has 0 heterocycles. The van der Waals surface area contributed by atoms with E-state index in [0.717, 1.165) is 33.4 Å². The lowest BCUT2D eigenvalue weighted by atomic mass is 9.99. The second-order valence-electron chi connectivity index (χ2n) is 5.76. The molecule has 6 heteroatoms. The van der Waals surface area contributed by atoms with Crippen LogP contribution in [0.25, 0.3) is 11.1 Å². The first-order valence-corrected chi connectivity index (χ1v) is 7.36. The molecule has 2 unspecified atom stereocenters. The molecular weight excluding hydrogens is 294 g/mol. The Morgan fingerprint density at radius 2 is 1.22 bits per heavy atom. The van der Waals surface area contributed by atoms with Gasteiger partial charge in [-0.3, -0.25) is 0 Å². The molecule has 23 heavy (non-hydrogen) atoms. The van der Waals surface area contributed by atoms with Crippen LogP contribution in [0, 0.1) is 14.7 Å². The van der Waals surface area contributed by atoms with Crippen LogP contribution in [-0.2, 0) is 0 Å². The van der Waals surface area contributed by atoms with Gasteiger partial charge in [-0.05, 0) is 47.2 Å². The van der Waals surface area contributed by atoms with Crippen molar-refractivity contribution in [3.8, 4) is 11.1 Å². The summed E-state index contributed by atoms with van der Waals surface area (Å²) in [5.74, 6) is 0. The molecule has 0 aromatic heterocycles. The summed E-state index contributed by atoms with van der Waals surface area (Å²) in [6, 6.07) is 9.48. The first kappa shape index (κ1) is 15.1. The highest BCUT2D eigenvalue weighted by Crippen LogP contribution is 2.47. The van der Waals surface area contributed by atoms with Crippen LogP contribution < -0.4 is 0 Å². The molecule has 0 N–H and O–H groups in total.